The number of anilines is 1. The zero-order chi connectivity index (χ0) is 17.0. The summed E-state index contributed by atoms with van der Waals surface area (Å²) in [5, 5.41) is 4.58. The van der Waals surface area contributed by atoms with Crippen LogP contribution in [0.2, 0.25) is 0 Å². The van der Waals surface area contributed by atoms with E-state index in [4.69, 9.17) is 0 Å². The van der Waals surface area contributed by atoms with Gasteiger partial charge in [0.1, 0.15) is 17.7 Å². The molecule has 122 valence electrons. The molecule has 1 atom stereocenters. The zero-order valence-corrected chi connectivity index (χ0v) is 13.5. The second kappa shape index (κ2) is 7.33. The number of rotatable bonds is 5. The summed E-state index contributed by atoms with van der Waals surface area (Å²) in [6.07, 6.45) is 0. The third-order valence-electron chi connectivity index (χ3n) is 3.99. The lowest BCUT2D eigenvalue weighted by molar-refractivity contribution is -0.682. The van der Waals surface area contributed by atoms with Gasteiger partial charge in [-0.3, -0.25) is 4.79 Å². The normalized spacial score (nSPS) is 12.0. The molecule has 0 radical (unpaired) electrons. The number of quaternary nitrogens is 1. The summed E-state index contributed by atoms with van der Waals surface area (Å²) in [4.78, 5) is 12.1. The van der Waals surface area contributed by atoms with Crippen LogP contribution >= 0.6 is 0 Å². The molecule has 0 aliphatic rings. The minimum absolute atomic E-state index is 0.158. The van der Waals surface area contributed by atoms with Gasteiger partial charge in [0.15, 0.2) is 6.54 Å². The van der Waals surface area contributed by atoms with Gasteiger partial charge >= 0.3 is 0 Å². The fraction of sp³-hybridized carbons (Fsp3) is 0.278. The molecule has 0 unspecified atom stereocenters. The minimum Gasteiger partial charge on any atom is -0.332 e. The quantitative estimate of drug-likeness (QED) is 0.874. The maximum Gasteiger partial charge on any atom is 0.279 e. The van der Waals surface area contributed by atoms with Gasteiger partial charge in [-0.15, -0.1) is 0 Å². The van der Waals surface area contributed by atoms with Crippen molar-refractivity contribution in [1.29, 1.82) is 0 Å². The monoisotopic (exact) mass is 319 g/mol. The molecule has 2 aromatic carbocycles. The second-order valence-corrected chi connectivity index (χ2v) is 5.69. The molecule has 2 aromatic rings. The van der Waals surface area contributed by atoms with Crippen LogP contribution in [-0.4, -0.2) is 12.5 Å². The van der Waals surface area contributed by atoms with Crippen molar-refractivity contribution < 1.29 is 18.9 Å². The van der Waals surface area contributed by atoms with E-state index in [1.807, 2.05) is 32.0 Å². The molecule has 0 aliphatic carbocycles. The Bertz CT molecular complexity index is 716. The number of carbonyl (C=O) groups excluding carboxylic acids is 1. The van der Waals surface area contributed by atoms with Gasteiger partial charge < -0.3 is 10.6 Å². The van der Waals surface area contributed by atoms with Crippen molar-refractivity contribution in [3.05, 3.63) is 64.7 Å². The van der Waals surface area contributed by atoms with Gasteiger partial charge in [0, 0.05) is 17.3 Å². The topological polar surface area (TPSA) is 45.7 Å². The van der Waals surface area contributed by atoms with Crippen molar-refractivity contribution in [2.75, 3.05) is 11.9 Å². The lowest BCUT2D eigenvalue weighted by Crippen LogP contribution is -2.86. The van der Waals surface area contributed by atoms with Crippen LogP contribution < -0.4 is 10.6 Å². The first-order chi connectivity index (χ1) is 10.9. The maximum absolute atomic E-state index is 13.7. The number of amides is 1. The van der Waals surface area contributed by atoms with Crippen LogP contribution in [0.4, 0.5) is 14.5 Å². The van der Waals surface area contributed by atoms with Gasteiger partial charge in [-0.2, -0.15) is 0 Å². The molecule has 3 nitrogen and oxygen atoms in total. The molecule has 2 rings (SSSR count). The van der Waals surface area contributed by atoms with E-state index in [9.17, 15) is 13.6 Å². The largest absolute Gasteiger partial charge is 0.332 e. The Balaban J connectivity index is 1.95. The van der Waals surface area contributed by atoms with E-state index < -0.39 is 11.6 Å². The Morgan fingerprint density at radius 1 is 1.22 bits per heavy atom. The molecule has 0 spiro atoms. The molecule has 23 heavy (non-hydrogen) atoms. The van der Waals surface area contributed by atoms with Crippen LogP contribution in [-0.2, 0) is 4.79 Å². The molecular weight excluding hydrogens is 298 g/mol. The number of carbonyl (C=O) groups is 1. The molecule has 0 aromatic heterocycles. The second-order valence-electron chi connectivity index (χ2n) is 5.69. The summed E-state index contributed by atoms with van der Waals surface area (Å²) in [6, 6.07) is 8.93. The summed E-state index contributed by atoms with van der Waals surface area (Å²) in [7, 11) is 0. The molecule has 0 aliphatic heterocycles. The summed E-state index contributed by atoms with van der Waals surface area (Å²) in [5.41, 5.74) is 3.29. The number of benzene rings is 2. The van der Waals surface area contributed by atoms with Crippen LogP contribution in [0, 0.1) is 25.5 Å². The highest BCUT2D eigenvalue weighted by molar-refractivity contribution is 5.92. The Kier molecular flexibility index (Phi) is 5.45. The Morgan fingerprint density at radius 2 is 1.96 bits per heavy atom. The minimum atomic E-state index is -0.605. The number of aryl methyl sites for hydroxylation is 1. The van der Waals surface area contributed by atoms with Crippen LogP contribution in [0.25, 0.3) is 0 Å². The lowest BCUT2D eigenvalue weighted by atomic mass is 10.1. The van der Waals surface area contributed by atoms with Crippen molar-refractivity contribution in [2.24, 2.45) is 0 Å². The molecule has 0 fully saturated rings. The standard InChI is InChI=1S/C18H20F2N2O/c1-11-5-4-6-17(12(11)2)22-18(23)10-21-13(3)15-8-7-14(19)9-16(15)20/h4-9,13,21H,10H2,1-3H3,(H,22,23)/p+1/t13-/m1/s1. The number of halogens is 2. The van der Waals surface area contributed by atoms with Gasteiger partial charge in [0.05, 0.1) is 0 Å². The molecular formula is C18H21F2N2O+. The van der Waals surface area contributed by atoms with Gasteiger partial charge in [0.2, 0.25) is 0 Å². The fourth-order valence-electron chi connectivity index (χ4n) is 2.37. The van der Waals surface area contributed by atoms with Crippen molar-refractivity contribution in [3.8, 4) is 0 Å². The summed E-state index contributed by atoms with van der Waals surface area (Å²) < 4.78 is 26.6. The summed E-state index contributed by atoms with van der Waals surface area (Å²) >= 11 is 0. The van der Waals surface area contributed by atoms with E-state index in [2.05, 4.69) is 5.32 Å². The van der Waals surface area contributed by atoms with Crippen molar-refractivity contribution >= 4 is 11.6 Å². The number of nitrogens with one attached hydrogen (secondary N) is 1. The van der Waals surface area contributed by atoms with Crippen LogP contribution in [0.1, 0.15) is 29.7 Å². The summed E-state index contributed by atoms with van der Waals surface area (Å²) in [5.74, 6) is -1.36. The highest BCUT2D eigenvalue weighted by Gasteiger charge is 2.16. The van der Waals surface area contributed by atoms with E-state index in [-0.39, 0.29) is 18.5 Å². The first-order valence-electron chi connectivity index (χ1n) is 7.53. The van der Waals surface area contributed by atoms with E-state index in [1.165, 1.54) is 12.1 Å². The third-order valence-corrected chi connectivity index (χ3v) is 3.99. The van der Waals surface area contributed by atoms with E-state index in [0.717, 1.165) is 22.9 Å². The predicted octanol–water partition coefficient (Wildman–Crippen LogP) is 2.84. The molecule has 3 N–H and O–H groups in total. The first-order valence-corrected chi connectivity index (χ1v) is 7.53. The van der Waals surface area contributed by atoms with Gasteiger partial charge in [-0.25, -0.2) is 8.78 Å². The molecule has 0 saturated carbocycles. The van der Waals surface area contributed by atoms with Crippen molar-refractivity contribution in [2.45, 2.75) is 26.8 Å². The molecule has 0 heterocycles. The highest BCUT2D eigenvalue weighted by Crippen LogP contribution is 2.18. The van der Waals surface area contributed by atoms with E-state index in [1.54, 1.807) is 12.2 Å². The van der Waals surface area contributed by atoms with Gasteiger partial charge in [-0.05, 0) is 50.1 Å². The van der Waals surface area contributed by atoms with Crippen molar-refractivity contribution in [1.82, 2.24) is 0 Å². The molecule has 1 amide bonds. The summed E-state index contributed by atoms with van der Waals surface area (Å²) in [6.45, 7) is 5.87. The van der Waals surface area contributed by atoms with Crippen LogP contribution in [0.3, 0.4) is 0 Å². The first kappa shape index (κ1) is 17.1. The number of hydrogen-bond acceptors (Lipinski definition) is 1. The maximum atomic E-state index is 13.7. The average Bonchev–Trinajstić information content (AvgIpc) is 2.49. The predicted molar refractivity (Wildman–Crippen MR) is 86.1 cm³/mol. The Morgan fingerprint density at radius 3 is 2.65 bits per heavy atom. The van der Waals surface area contributed by atoms with E-state index >= 15 is 0 Å². The zero-order valence-electron chi connectivity index (χ0n) is 13.5. The van der Waals surface area contributed by atoms with Crippen LogP contribution in [0.15, 0.2) is 36.4 Å². The van der Waals surface area contributed by atoms with E-state index in [0.29, 0.717) is 5.56 Å². The van der Waals surface area contributed by atoms with Gasteiger partial charge in [-0.1, -0.05) is 12.1 Å². The third kappa shape index (κ3) is 4.36. The highest BCUT2D eigenvalue weighted by atomic mass is 19.1. The Labute approximate surface area is 134 Å². The van der Waals surface area contributed by atoms with Crippen molar-refractivity contribution in [3.63, 3.8) is 0 Å². The fourth-order valence-corrected chi connectivity index (χ4v) is 2.37. The Hall–Kier alpha value is -2.27. The SMILES string of the molecule is Cc1cccc(NC(=O)C[NH2+][C@H](C)c2ccc(F)cc2F)c1C. The lowest BCUT2D eigenvalue weighted by Gasteiger charge is -2.13. The van der Waals surface area contributed by atoms with Crippen LogP contribution in [0.5, 0.6) is 0 Å². The smallest absolute Gasteiger partial charge is 0.279 e. The average molecular weight is 319 g/mol. The molecule has 0 bridgehead atoms. The molecule has 0 saturated heterocycles. The van der Waals surface area contributed by atoms with Gasteiger partial charge in [0.25, 0.3) is 5.91 Å². The molecule has 5 heteroatoms. The number of hydrogen-bond donors (Lipinski definition) is 2. The number of nitrogens with two attached hydrogens (primary N) is 1.